The average Bonchev–Trinajstić information content (AvgIpc) is 2.79. The highest BCUT2D eigenvalue weighted by Gasteiger charge is 2.43. The Bertz CT molecular complexity index is 436. The van der Waals surface area contributed by atoms with Gasteiger partial charge >= 0.3 is 0 Å². The molecule has 0 spiro atoms. The van der Waals surface area contributed by atoms with Crippen LogP contribution < -0.4 is 5.32 Å². The Morgan fingerprint density at radius 2 is 2.28 bits per heavy atom. The molecule has 1 heterocycles. The largest absolute Gasteiger partial charge is 0.316 e. The maximum atomic E-state index is 13.1. The van der Waals surface area contributed by atoms with Gasteiger partial charge in [0.2, 0.25) is 0 Å². The molecule has 1 aromatic carbocycles. The Hall–Kier alpha value is -1.22. The van der Waals surface area contributed by atoms with Crippen LogP contribution in [0.3, 0.4) is 0 Å². The molecular weight excluding hydrogens is 229 g/mol. The maximum absolute atomic E-state index is 13.1. The summed E-state index contributed by atoms with van der Waals surface area (Å²) in [5.41, 5.74) is 0.499. The Morgan fingerprint density at radius 3 is 2.83 bits per heavy atom. The molecule has 18 heavy (non-hydrogen) atoms. The molecule has 1 saturated heterocycles. The predicted molar refractivity (Wildman–Crippen MR) is 69.9 cm³/mol. The molecular formula is C15H20FNO. The second-order valence-electron chi connectivity index (χ2n) is 5.47. The van der Waals surface area contributed by atoms with Crippen LogP contribution in [0.5, 0.6) is 0 Å². The van der Waals surface area contributed by atoms with Gasteiger partial charge in [-0.25, -0.2) is 4.39 Å². The molecule has 0 amide bonds. The van der Waals surface area contributed by atoms with Gasteiger partial charge in [0, 0.05) is 18.4 Å². The Morgan fingerprint density at radius 1 is 1.50 bits per heavy atom. The first-order chi connectivity index (χ1) is 8.54. The van der Waals surface area contributed by atoms with E-state index in [4.69, 9.17) is 0 Å². The highest BCUT2D eigenvalue weighted by molar-refractivity contribution is 5.87. The van der Waals surface area contributed by atoms with Crippen molar-refractivity contribution in [2.75, 3.05) is 13.1 Å². The van der Waals surface area contributed by atoms with Crippen LogP contribution in [0.2, 0.25) is 0 Å². The van der Waals surface area contributed by atoms with E-state index in [1.807, 2.05) is 6.07 Å². The second-order valence-corrected chi connectivity index (χ2v) is 5.47. The number of carbonyl (C=O) groups excluding carboxylic acids is 1. The quantitative estimate of drug-likeness (QED) is 0.888. The van der Waals surface area contributed by atoms with Crippen molar-refractivity contribution in [3.05, 3.63) is 35.6 Å². The summed E-state index contributed by atoms with van der Waals surface area (Å²) in [5, 5.41) is 3.28. The van der Waals surface area contributed by atoms with E-state index in [1.165, 1.54) is 12.1 Å². The minimum Gasteiger partial charge on any atom is -0.316 e. The van der Waals surface area contributed by atoms with Crippen molar-refractivity contribution in [1.82, 2.24) is 5.32 Å². The van der Waals surface area contributed by atoms with Crippen molar-refractivity contribution >= 4 is 5.78 Å². The normalized spacial score (nSPS) is 23.6. The summed E-state index contributed by atoms with van der Waals surface area (Å²) in [6.07, 6.45) is 1.22. The van der Waals surface area contributed by atoms with Crippen molar-refractivity contribution in [1.29, 1.82) is 0 Å². The number of hydrogen-bond acceptors (Lipinski definition) is 2. The summed E-state index contributed by atoms with van der Waals surface area (Å²) in [6, 6.07) is 6.34. The van der Waals surface area contributed by atoms with E-state index in [2.05, 4.69) is 19.2 Å². The Balaban J connectivity index is 2.16. The van der Waals surface area contributed by atoms with Gasteiger partial charge in [-0.1, -0.05) is 26.0 Å². The molecule has 1 fully saturated rings. The first kappa shape index (κ1) is 13.2. The van der Waals surface area contributed by atoms with Gasteiger partial charge in [-0.2, -0.15) is 0 Å². The smallest absolute Gasteiger partial charge is 0.144 e. The molecule has 0 radical (unpaired) electrons. The molecule has 2 rings (SSSR count). The number of nitrogens with one attached hydrogen (secondary N) is 1. The number of ketones is 1. The lowest BCUT2D eigenvalue weighted by atomic mass is 9.71. The van der Waals surface area contributed by atoms with Gasteiger partial charge in [0.05, 0.1) is 0 Å². The van der Waals surface area contributed by atoms with Crippen LogP contribution in [0, 0.1) is 17.2 Å². The fraction of sp³-hybridized carbons (Fsp3) is 0.533. The van der Waals surface area contributed by atoms with Crippen LogP contribution in [0.1, 0.15) is 25.8 Å². The van der Waals surface area contributed by atoms with Gasteiger partial charge in [0.1, 0.15) is 11.6 Å². The van der Waals surface area contributed by atoms with Crippen molar-refractivity contribution < 1.29 is 9.18 Å². The van der Waals surface area contributed by atoms with Crippen molar-refractivity contribution in [3.8, 4) is 0 Å². The lowest BCUT2D eigenvalue weighted by Gasteiger charge is -2.31. The molecule has 98 valence electrons. The first-order valence-electron chi connectivity index (χ1n) is 6.53. The fourth-order valence-electron chi connectivity index (χ4n) is 2.77. The summed E-state index contributed by atoms with van der Waals surface area (Å²) >= 11 is 0. The highest BCUT2D eigenvalue weighted by Crippen LogP contribution is 2.36. The standard InChI is InChI=1S/C15H20FNO/c1-11(2)15(6-7-17-10-15)14(18)9-12-4-3-5-13(16)8-12/h3-5,8,11,17H,6-7,9-10H2,1-2H3. The van der Waals surface area contributed by atoms with Gasteiger partial charge in [-0.3, -0.25) is 4.79 Å². The van der Waals surface area contributed by atoms with E-state index in [0.717, 1.165) is 25.1 Å². The zero-order chi connectivity index (χ0) is 13.2. The van der Waals surface area contributed by atoms with Crippen LogP contribution in [0.25, 0.3) is 0 Å². The highest BCUT2D eigenvalue weighted by atomic mass is 19.1. The van der Waals surface area contributed by atoms with E-state index >= 15 is 0 Å². The van der Waals surface area contributed by atoms with Crippen LogP contribution in [-0.2, 0) is 11.2 Å². The molecule has 0 aromatic heterocycles. The number of carbonyl (C=O) groups is 1. The zero-order valence-electron chi connectivity index (χ0n) is 11.0. The van der Waals surface area contributed by atoms with Crippen molar-refractivity contribution in [3.63, 3.8) is 0 Å². The minimum atomic E-state index is -0.275. The molecule has 0 aliphatic carbocycles. The molecule has 1 aliphatic heterocycles. The summed E-state index contributed by atoms with van der Waals surface area (Å²) < 4.78 is 13.1. The Kier molecular flexibility index (Phi) is 3.81. The molecule has 0 bridgehead atoms. The summed E-state index contributed by atoms with van der Waals surface area (Å²) in [4.78, 5) is 12.5. The van der Waals surface area contributed by atoms with Crippen LogP contribution in [0.15, 0.2) is 24.3 Å². The van der Waals surface area contributed by atoms with Crippen LogP contribution in [-0.4, -0.2) is 18.9 Å². The molecule has 1 unspecified atom stereocenters. The molecule has 1 aromatic rings. The van der Waals surface area contributed by atoms with Crippen molar-refractivity contribution in [2.45, 2.75) is 26.7 Å². The number of halogens is 1. The minimum absolute atomic E-state index is 0.230. The van der Waals surface area contributed by atoms with Gasteiger partial charge in [-0.05, 0) is 36.6 Å². The van der Waals surface area contributed by atoms with E-state index in [-0.39, 0.29) is 17.0 Å². The molecule has 1 atom stereocenters. The second kappa shape index (κ2) is 5.19. The molecule has 1 aliphatic rings. The van der Waals surface area contributed by atoms with Crippen molar-refractivity contribution in [2.24, 2.45) is 11.3 Å². The van der Waals surface area contributed by atoms with Gasteiger partial charge in [0.25, 0.3) is 0 Å². The van der Waals surface area contributed by atoms with Gasteiger partial charge in [0.15, 0.2) is 0 Å². The van der Waals surface area contributed by atoms with Crippen LogP contribution in [0.4, 0.5) is 4.39 Å². The molecule has 3 heteroatoms. The third-order valence-corrected chi connectivity index (χ3v) is 4.10. The molecule has 1 N–H and O–H groups in total. The number of rotatable bonds is 4. The molecule has 0 saturated carbocycles. The maximum Gasteiger partial charge on any atom is 0.144 e. The first-order valence-corrected chi connectivity index (χ1v) is 6.53. The van der Waals surface area contributed by atoms with E-state index in [0.29, 0.717) is 12.3 Å². The third kappa shape index (κ3) is 2.46. The SMILES string of the molecule is CC(C)C1(C(=O)Cc2cccc(F)c2)CCNC1. The number of benzene rings is 1. The summed E-state index contributed by atoms with van der Waals surface area (Å²) in [7, 11) is 0. The van der Waals surface area contributed by atoms with Crippen LogP contribution >= 0.6 is 0 Å². The average molecular weight is 249 g/mol. The number of hydrogen-bond donors (Lipinski definition) is 1. The predicted octanol–water partition coefficient (Wildman–Crippen LogP) is 2.57. The molecule has 2 nitrogen and oxygen atoms in total. The zero-order valence-corrected chi connectivity index (χ0v) is 11.0. The summed E-state index contributed by atoms with van der Waals surface area (Å²) in [5.74, 6) is 0.269. The lowest BCUT2D eigenvalue weighted by Crippen LogP contribution is -2.39. The monoisotopic (exact) mass is 249 g/mol. The van der Waals surface area contributed by atoms with Gasteiger partial charge < -0.3 is 5.32 Å². The third-order valence-electron chi connectivity index (χ3n) is 4.10. The van der Waals surface area contributed by atoms with E-state index < -0.39 is 0 Å². The lowest BCUT2D eigenvalue weighted by molar-refractivity contribution is -0.129. The van der Waals surface area contributed by atoms with E-state index in [9.17, 15) is 9.18 Å². The summed E-state index contributed by atoms with van der Waals surface area (Å²) in [6.45, 7) is 5.83. The van der Waals surface area contributed by atoms with E-state index in [1.54, 1.807) is 6.07 Å². The fourth-order valence-corrected chi connectivity index (χ4v) is 2.77. The topological polar surface area (TPSA) is 29.1 Å². The van der Waals surface area contributed by atoms with Gasteiger partial charge in [-0.15, -0.1) is 0 Å². The Labute approximate surface area is 108 Å². The number of Topliss-reactive ketones (excluding diaryl/α,β-unsaturated/α-hetero) is 1.